The van der Waals surface area contributed by atoms with Crippen molar-refractivity contribution in [1.82, 2.24) is 10.3 Å². The molecule has 5 rings (SSSR count). The van der Waals surface area contributed by atoms with Crippen LogP contribution in [0.15, 0.2) is 46.0 Å². The number of anilines is 2. The van der Waals surface area contributed by atoms with Gasteiger partial charge in [-0.1, -0.05) is 6.07 Å². The van der Waals surface area contributed by atoms with Crippen molar-refractivity contribution in [1.29, 1.82) is 0 Å². The second-order valence-corrected chi connectivity index (χ2v) is 12.0. The van der Waals surface area contributed by atoms with Crippen molar-refractivity contribution in [3.05, 3.63) is 46.8 Å². The third-order valence-corrected chi connectivity index (χ3v) is 9.14. The predicted octanol–water partition coefficient (Wildman–Crippen LogP) is 3.35. The number of thiophene rings is 1. The molecule has 3 aromatic rings. The lowest BCUT2D eigenvalue weighted by Gasteiger charge is -2.42. The molecule has 0 bridgehead atoms. The number of nitrogens with two attached hydrogens (primary N) is 1. The van der Waals surface area contributed by atoms with Gasteiger partial charge in [0.25, 0.3) is 5.91 Å². The summed E-state index contributed by atoms with van der Waals surface area (Å²) in [6.45, 7) is 3.53. The van der Waals surface area contributed by atoms with E-state index in [1.54, 1.807) is 28.8 Å². The molecule has 4 heterocycles. The number of aromatic nitrogens is 1. The Morgan fingerprint density at radius 2 is 2.12 bits per heavy atom. The Labute approximate surface area is 200 Å². The fraction of sp³-hybridized carbons (Fsp3) is 0.364. The molecule has 0 aliphatic carbocycles. The number of benzene rings is 1. The number of nitrogens with zero attached hydrogens (tertiary/aromatic N) is 2. The molecule has 0 saturated carbocycles. The lowest BCUT2D eigenvalue weighted by Crippen LogP contribution is -2.44. The molecule has 2 aliphatic heterocycles. The van der Waals surface area contributed by atoms with Crippen LogP contribution in [0, 0.1) is 5.41 Å². The maximum absolute atomic E-state index is 13.0. The Morgan fingerprint density at radius 3 is 2.85 bits per heavy atom. The van der Waals surface area contributed by atoms with Crippen molar-refractivity contribution in [3.63, 3.8) is 0 Å². The Kier molecular flexibility index (Phi) is 6.00. The first-order valence-electron chi connectivity index (χ1n) is 10.8. The van der Waals surface area contributed by atoms with Crippen molar-refractivity contribution >= 4 is 50.0 Å². The van der Waals surface area contributed by atoms with Gasteiger partial charge in [0.2, 0.25) is 10.0 Å². The smallest absolute Gasteiger partial charge is 0.275 e. The number of carbonyl (C=O) groups is 1. The number of hydrogen-bond donors (Lipinski definition) is 3. The van der Waals surface area contributed by atoms with E-state index in [4.69, 9.17) is 5.14 Å². The number of sulfonamides is 1. The van der Waals surface area contributed by atoms with E-state index < -0.39 is 10.0 Å². The van der Waals surface area contributed by atoms with Gasteiger partial charge in [0.05, 0.1) is 21.1 Å². The van der Waals surface area contributed by atoms with Gasteiger partial charge in [-0.2, -0.15) is 0 Å². The molecule has 4 N–H and O–H groups in total. The van der Waals surface area contributed by atoms with Crippen LogP contribution in [-0.2, 0) is 10.0 Å². The average molecular weight is 504 g/mol. The molecule has 2 fully saturated rings. The highest BCUT2D eigenvalue weighted by Crippen LogP contribution is 2.40. The molecule has 8 nitrogen and oxygen atoms in total. The van der Waals surface area contributed by atoms with Crippen molar-refractivity contribution in [2.75, 3.05) is 36.4 Å². The number of thiazole rings is 1. The summed E-state index contributed by atoms with van der Waals surface area (Å²) in [5.41, 5.74) is 1.73. The van der Waals surface area contributed by atoms with Gasteiger partial charge >= 0.3 is 0 Å². The highest BCUT2D eigenvalue weighted by Gasteiger charge is 2.38. The van der Waals surface area contributed by atoms with Gasteiger partial charge in [-0.05, 0) is 55.5 Å². The van der Waals surface area contributed by atoms with Crippen molar-refractivity contribution in [2.24, 2.45) is 10.6 Å². The molecule has 174 valence electrons. The van der Waals surface area contributed by atoms with E-state index in [-0.39, 0.29) is 16.2 Å². The summed E-state index contributed by atoms with van der Waals surface area (Å²) in [7, 11) is -3.87. The third-order valence-electron chi connectivity index (χ3n) is 6.35. The molecule has 0 radical (unpaired) electrons. The lowest BCUT2D eigenvalue weighted by molar-refractivity contribution is 0.102. The normalized spacial score (nSPS) is 20.9. The summed E-state index contributed by atoms with van der Waals surface area (Å²) < 4.78 is 24.1. The molecule has 11 heteroatoms. The molecule has 1 unspecified atom stereocenters. The summed E-state index contributed by atoms with van der Waals surface area (Å²) in [4.78, 5) is 20.7. The molecule has 1 atom stereocenters. The van der Waals surface area contributed by atoms with Crippen molar-refractivity contribution in [3.8, 4) is 9.88 Å². The average Bonchev–Trinajstić information content (AvgIpc) is 3.55. The first-order valence-corrected chi connectivity index (χ1v) is 14.1. The van der Waals surface area contributed by atoms with Gasteiger partial charge in [0, 0.05) is 30.4 Å². The number of piperidine rings is 1. The number of primary sulfonamides is 1. The summed E-state index contributed by atoms with van der Waals surface area (Å²) in [5.74, 6) is -0.326. The fourth-order valence-corrected chi connectivity index (χ4v) is 6.84. The highest BCUT2D eigenvalue weighted by atomic mass is 32.2. The minimum absolute atomic E-state index is 0.0355. The zero-order chi connectivity index (χ0) is 23.1. The van der Waals surface area contributed by atoms with Gasteiger partial charge in [-0.25, -0.2) is 18.5 Å². The number of carbonyl (C=O) groups excluding carboxylic acids is 1. The van der Waals surface area contributed by atoms with Crippen LogP contribution >= 0.6 is 22.7 Å². The van der Waals surface area contributed by atoms with Crippen molar-refractivity contribution < 1.29 is 13.2 Å². The first-order chi connectivity index (χ1) is 15.8. The van der Waals surface area contributed by atoms with Gasteiger partial charge in [0.15, 0.2) is 0 Å². The maximum atomic E-state index is 13.0. The minimum Gasteiger partial charge on any atom is -0.369 e. The number of hydrogen-bond acceptors (Lipinski definition) is 8. The lowest BCUT2D eigenvalue weighted by atomic mass is 9.79. The van der Waals surface area contributed by atoms with E-state index in [1.165, 1.54) is 17.4 Å². The quantitative estimate of drug-likeness (QED) is 0.492. The molecule has 1 amide bonds. The second kappa shape index (κ2) is 8.80. The van der Waals surface area contributed by atoms with Gasteiger partial charge in [0.1, 0.15) is 10.7 Å². The molecule has 33 heavy (non-hydrogen) atoms. The second-order valence-electron chi connectivity index (χ2n) is 8.65. The van der Waals surface area contributed by atoms with E-state index in [0.29, 0.717) is 17.1 Å². The topological polar surface area (TPSA) is 117 Å². The number of amides is 1. The van der Waals surface area contributed by atoms with E-state index in [2.05, 4.69) is 20.5 Å². The molecule has 2 aromatic heterocycles. The standard InChI is InChI=1S/C22H25N5O3S3/c23-33(29,30)15-4-5-16(18(11-15)27-9-2-6-22(14-27)7-8-24-13-22)25-20(28)17-12-32-21(26-17)19-3-1-10-31-19/h1,3-5,10-12,24H,2,6-9,13-14H2,(H,25,28)(H2,23,29,30). The largest absolute Gasteiger partial charge is 0.369 e. The Hall–Kier alpha value is -2.31. The van der Waals surface area contributed by atoms with Gasteiger partial charge in [-0.15, -0.1) is 22.7 Å². The summed E-state index contributed by atoms with van der Waals surface area (Å²) in [6.07, 6.45) is 3.23. The van der Waals surface area contributed by atoms with E-state index in [0.717, 1.165) is 55.3 Å². The molecule has 1 aromatic carbocycles. The van der Waals surface area contributed by atoms with Gasteiger partial charge in [-0.3, -0.25) is 4.79 Å². The summed E-state index contributed by atoms with van der Waals surface area (Å²) >= 11 is 3.00. The van der Waals surface area contributed by atoms with Crippen LogP contribution in [0.2, 0.25) is 0 Å². The first kappa shape index (κ1) is 22.5. The monoisotopic (exact) mass is 503 g/mol. The van der Waals surface area contributed by atoms with Crippen LogP contribution in [0.5, 0.6) is 0 Å². The summed E-state index contributed by atoms with van der Waals surface area (Å²) in [6, 6.07) is 8.55. The highest BCUT2D eigenvalue weighted by molar-refractivity contribution is 7.89. The zero-order valence-corrected chi connectivity index (χ0v) is 20.4. The minimum atomic E-state index is -3.87. The van der Waals surface area contributed by atoms with Crippen LogP contribution in [0.3, 0.4) is 0 Å². The molecule has 2 aliphatic rings. The number of rotatable bonds is 5. The SMILES string of the molecule is NS(=O)(=O)c1ccc(NC(=O)c2csc(-c3cccs3)n2)c(N2CCCC3(CCNC3)C2)c1. The molecule has 1 spiro atoms. The Bertz CT molecular complexity index is 1260. The maximum Gasteiger partial charge on any atom is 0.275 e. The third kappa shape index (κ3) is 4.69. The van der Waals surface area contributed by atoms with Crippen LogP contribution in [0.1, 0.15) is 29.8 Å². The van der Waals surface area contributed by atoms with Gasteiger partial charge < -0.3 is 15.5 Å². The number of nitrogens with one attached hydrogen (secondary N) is 2. The Balaban J connectivity index is 1.45. The van der Waals surface area contributed by atoms with Crippen LogP contribution in [0.25, 0.3) is 9.88 Å². The molecular formula is C22H25N5O3S3. The van der Waals surface area contributed by atoms with Crippen molar-refractivity contribution in [2.45, 2.75) is 24.2 Å². The molecular weight excluding hydrogens is 478 g/mol. The Morgan fingerprint density at radius 1 is 1.24 bits per heavy atom. The van der Waals surface area contributed by atoms with Crippen LogP contribution in [-0.4, -0.2) is 45.5 Å². The zero-order valence-electron chi connectivity index (χ0n) is 17.9. The van der Waals surface area contributed by atoms with E-state index in [9.17, 15) is 13.2 Å². The van der Waals surface area contributed by atoms with E-state index >= 15 is 0 Å². The summed E-state index contributed by atoms with van der Waals surface area (Å²) in [5, 5.41) is 16.3. The van der Waals surface area contributed by atoms with Crippen LogP contribution < -0.4 is 20.7 Å². The predicted molar refractivity (Wildman–Crippen MR) is 133 cm³/mol. The van der Waals surface area contributed by atoms with Crippen LogP contribution in [0.4, 0.5) is 11.4 Å². The van der Waals surface area contributed by atoms with E-state index in [1.807, 2.05) is 17.5 Å². The molecule has 2 saturated heterocycles. The fourth-order valence-electron chi connectivity index (χ4n) is 4.69.